The Balaban J connectivity index is 1.91. The first-order chi connectivity index (χ1) is 5.33. The molecule has 2 heteroatoms. The van der Waals surface area contributed by atoms with E-state index in [0.717, 1.165) is 5.92 Å². The summed E-state index contributed by atoms with van der Waals surface area (Å²) in [5.41, 5.74) is 0. The summed E-state index contributed by atoms with van der Waals surface area (Å²) in [4.78, 5) is 2.54. The molecule has 0 aromatic heterocycles. The van der Waals surface area contributed by atoms with Crippen molar-refractivity contribution in [1.29, 1.82) is 0 Å². The van der Waals surface area contributed by atoms with Crippen LogP contribution in [0, 0.1) is 17.8 Å². The Bertz CT molecular complexity index is 152. The minimum Gasteiger partial charge on any atom is -0.392 e. The van der Waals surface area contributed by atoms with Gasteiger partial charge in [0.05, 0.1) is 6.10 Å². The molecule has 62 valence electrons. The summed E-state index contributed by atoms with van der Waals surface area (Å²) in [7, 11) is 0. The number of nitrogens with zero attached hydrogens (tertiary/aromatic N) is 1. The van der Waals surface area contributed by atoms with Crippen molar-refractivity contribution in [1.82, 2.24) is 4.90 Å². The molecule has 2 unspecified atom stereocenters. The lowest BCUT2D eigenvalue weighted by molar-refractivity contribution is -0.110. The fourth-order valence-corrected chi connectivity index (χ4v) is 3.38. The number of rotatable bonds is 0. The van der Waals surface area contributed by atoms with E-state index in [1.54, 1.807) is 0 Å². The minimum atomic E-state index is 0.0443. The van der Waals surface area contributed by atoms with Crippen LogP contribution in [0.4, 0.5) is 0 Å². The molecule has 2 atom stereocenters. The molecule has 4 bridgehead atoms. The lowest BCUT2D eigenvalue weighted by atomic mass is 9.66. The van der Waals surface area contributed by atoms with Gasteiger partial charge in [-0.2, -0.15) is 0 Å². The molecule has 1 N–H and O–H groups in total. The van der Waals surface area contributed by atoms with Gasteiger partial charge in [-0.05, 0) is 30.6 Å². The third-order valence-corrected chi connectivity index (χ3v) is 3.74. The highest BCUT2D eigenvalue weighted by Gasteiger charge is 2.46. The van der Waals surface area contributed by atoms with Gasteiger partial charge in [-0.15, -0.1) is 0 Å². The number of piperidine rings is 3. The number of hydrogen-bond donors (Lipinski definition) is 1. The molecule has 1 aliphatic carbocycles. The van der Waals surface area contributed by atoms with Gasteiger partial charge in [-0.1, -0.05) is 0 Å². The molecule has 3 aliphatic heterocycles. The Morgan fingerprint density at radius 3 is 2.18 bits per heavy atom. The predicted octanol–water partition coefficient (Wildman–Crippen LogP) is 0.319. The van der Waals surface area contributed by atoms with Crippen LogP contribution in [0.5, 0.6) is 0 Å². The van der Waals surface area contributed by atoms with Gasteiger partial charge in [0.25, 0.3) is 0 Å². The van der Waals surface area contributed by atoms with Crippen LogP contribution in [0.25, 0.3) is 0 Å². The summed E-state index contributed by atoms with van der Waals surface area (Å²) in [5, 5.41) is 9.80. The standard InChI is InChI=1S/C9H15NO/c11-9-7-1-6-2-8(9)5-10(3-6)4-7/h6-9,11H,1-5H2. The summed E-state index contributed by atoms with van der Waals surface area (Å²) in [6.45, 7) is 3.67. The largest absolute Gasteiger partial charge is 0.392 e. The zero-order valence-electron chi connectivity index (χ0n) is 6.74. The first kappa shape index (κ1) is 6.44. The topological polar surface area (TPSA) is 23.5 Å². The highest BCUT2D eigenvalue weighted by Crippen LogP contribution is 2.43. The molecule has 0 radical (unpaired) electrons. The first-order valence-corrected chi connectivity index (χ1v) is 4.73. The Labute approximate surface area is 67.2 Å². The Morgan fingerprint density at radius 2 is 1.64 bits per heavy atom. The monoisotopic (exact) mass is 153 g/mol. The van der Waals surface area contributed by atoms with Crippen molar-refractivity contribution in [2.45, 2.75) is 18.9 Å². The Morgan fingerprint density at radius 1 is 1.00 bits per heavy atom. The van der Waals surface area contributed by atoms with E-state index in [-0.39, 0.29) is 6.10 Å². The lowest BCUT2D eigenvalue weighted by Gasteiger charge is -2.54. The smallest absolute Gasteiger partial charge is 0.0621 e. The second kappa shape index (κ2) is 1.99. The van der Waals surface area contributed by atoms with Crippen molar-refractivity contribution in [2.24, 2.45) is 17.8 Å². The molecule has 0 aromatic carbocycles. The molecular weight excluding hydrogens is 138 g/mol. The first-order valence-electron chi connectivity index (χ1n) is 4.73. The molecule has 11 heavy (non-hydrogen) atoms. The van der Waals surface area contributed by atoms with Crippen LogP contribution in [0.1, 0.15) is 12.8 Å². The maximum Gasteiger partial charge on any atom is 0.0621 e. The van der Waals surface area contributed by atoms with E-state index in [9.17, 15) is 5.11 Å². The Kier molecular flexibility index (Phi) is 1.16. The SMILES string of the molecule is OC1C2CC3CC1CN(C3)C2. The van der Waals surface area contributed by atoms with E-state index in [0.29, 0.717) is 11.8 Å². The summed E-state index contributed by atoms with van der Waals surface area (Å²) in [6, 6.07) is 0. The third-order valence-electron chi connectivity index (χ3n) is 3.74. The highest BCUT2D eigenvalue weighted by molar-refractivity contribution is 4.98. The molecule has 4 fully saturated rings. The third kappa shape index (κ3) is 0.798. The van der Waals surface area contributed by atoms with Gasteiger partial charge in [0.2, 0.25) is 0 Å². The van der Waals surface area contributed by atoms with E-state index in [1.165, 1.54) is 32.5 Å². The fourth-order valence-electron chi connectivity index (χ4n) is 3.38. The van der Waals surface area contributed by atoms with E-state index in [4.69, 9.17) is 0 Å². The molecule has 1 saturated carbocycles. The van der Waals surface area contributed by atoms with Crippen molar-refractivity contribution in [3.05, 3.63) is 0 Å². The van der Waals surface area contributed by atoms with Gasteiger partial charge in [0.15, 0.2) is 0 Å². The molecule has 0 amide bonds. The van der Waals surface area contributed by atoms with Gasteiger partial charge in [-0.3, -0.25) is 0 Å². The highest BCUT2D eigenvalue weighted by atomic mass is 16.3. The van der Waals surface area contributed by atoms with E-state index in [2.05, 4.69) is 4.90 Å². The van der Waals surface area contributed by atoms with Gasteiger partial charge >= 0.3 is 0 Å². The van der Waals surface area contributed by atoms with Crippen LogP contribution in [0.3, 0.4) is 0 Å². The molecule has 3 saturated heterocycles. The normalized spacial score (nSPS) is 60.3. The fraction of sp³-hybridized carbons (Fsp3) is 1.00. The summed E-state index contributed by atoms with van der Waals surface area (Å²) < 4.78 is 0. The van der Waals surface area contributed by atoms with Crippen molar-refractivity contribution in [3.63, 3.8) is 0 Å². The quantitative estimate of drug-likeness (QED) is 0.541. The van der Waals surface area contributed by atoms with Crippen LogP contribution in [0.15, 0.2) is 0 Å². The van der Waals surface area contributed by atoms with Crippen molar-refractivity contribution in [3.8, 4) is 0 Å². The van der Waals surface area contributed by atoms with E-state index < -0.39 is 0 Å². The molecule has 3 heterocycles. The maximum absolute atomic E-state index is 9.80. The number of aliphatic hydroxyl groups excluding tert-OH is 1. The average Bonchev–Trinajstić information content (AvgIpc) is 1.98. The number of hydrogen-bond acceptors (Lipinski definition) is 2. The Hall–Kier alpha value is -0.0800. The maximum atomic E-state index is 9.80. The van der Waals surface area contributed by atoms with Crippen LogP contribution in [0.2, 0.25) is 0 Å². The lowest BCUT2D eigenvalue weighted by Crippen LogP contribution is -2.59. The van der Waals surface area contributed by atoms with Crippen molar-refractivity contribution < 1.29 is 5.11 Å². The molecule has 0 aromatic rings. The predicted molar refractivity (Wildman–Crippen MR) is 42.2 cm³/mol. The van der Waals surface area contributed by atoms with E-state index in [1.807, 2.05) is 0 Å². The molecule has 4 rings (SSSR count). The van der Waals surface area contributed by atoms with Crippen LogP contribution in [-0.2, 0) is 0 Å². The average molecular weight is 153 g/mol. The minimum absolute atomic E-state index is 0.0443. The second-order valence-electron chi connectivity index (χ2n) is 4.57. The van der Waals surface area contributed by atoms with Crippen LogP contribution < -0.4 is 0 Å². The van der Waals surface area contributed by atoms with Gasteiger partial charge in [0, 0.05) is 19.6 Å². The van der Waals surface area contributed by atoms with Gasteiger partial charge in [0.1, 0.15) is 0 Å². The van der Waals surface area contributed by atoms with Gasteiger partial charge < -0.3 is 10.0 Å². The van der Waals surface area contributed by atoms with Crippen LogP contribution in [-0.4, -0.2) is 35.7 Å². The summed E-state index contributed by atoms with van der Waals surface area (Å²) in [5.74, 6) is 2.18. The zero-order valence-corrected chi connectivity index (χ0v) is 6.74. The number of aliphatic hydroxyl groups is 1. The van der Waals surface area contributed by atoms with E-state index >= 15 is 0 Å². The zero-order chi connectivity index (χ0) is 7.42. The molecular formula is C9H15NO. The summed E-state index contributed by atoms with van der Waals surface area (Å²) in [6.07, 6.45) is 2.64. The summed E-state index contributed by atoms with van der Waals surface area (Å²) >= 11 is 0. The molecule has 4 aliphatic rings. The van der Waals surface area contributed by atoms with Crippen LogP contribution >= 0.6 is 0 Å². The second-order valence-corrected chi connectivity index (χ2v) is 4.57. The van der Waals surface area contributed by atoms with Gasteiger partial charge in [-0.25, -0.2) is 0 Å². The van der Waals surface area contributed by atoms with Crippen molar-refractivity contribution in [2.75, 3.05) is 19.6 Å². The van der Waals surface area contributed by atoms with Crippen molar-refractivity contribution >= 4 is 0 Å². The molecule has 0 spiro atoms. The molecule has 2 nitrogen and oxygen atoms in total.